The Balaban J connectivity index is 1.60. The summed E-state index contributed by atoms with van der Waals surface area (Å²) < 4.78 is 8.98. The van der Waals surface area contributed by atoms with Crippen molar-refractivity contribution in [3.63, 3.8) is 0 Å². The third-order valence-corrected chi connectivity index (χ3v) is 4.75. The van der Waals surface area contributed by atoms with E-state index in [1.807, 2.05) is 31.3 Å². The van der Waals surface area contributed by atoms with E-state index in [4.69, 9.17) is 16.3 Å². The molecule has 1 aromatic carbocycles. The Morgan fingerprint density at radius 2 is 2.00 bits per heavy atom. The van der Waals surface area contributed by atoms with Crippen molar-refractivity contribution in [2.75, 3.05) is 0 Å². The molecule has 0 aliphatic heterocycles. The van der Waals surface area contributed by atoms with Crippen molar-refractivity contribution in [3.8, 4) is 11.4 Å². The number of pyridine rings is 2. The van der Waals surface area contributed by atoms with Gasteiger partial charge in [-0.15, -0.1) is 0 Å². The molecule has 0 bridgehead atoms. The lowest BCUT2D eigenvalue weighted by atomic mass is 10.2. The summed E-state index contributed by atoms with van der Waals surface area (Å²) in [6.45, 7) is 0.240. The van der Waals surface area contributed by atoms with Crippen molar-refractivity contribution in [1.82, 2.24) is 14.1 Å². The molecule has 4 aromatic rings. The molecule has 0 saturated heterocycles. The number of aromatic nitrogens is 3. The van der Waals surface area contributed by atoms with Crippen LogP contribution in [0.15, 0.2) is 65.7 Å². The van der Waals surface area contributed by atoms with Gasteiger partial charge in [0.1, 0.15) is 12.4 Å². The van der Waals surface area contributed by atoms with Crippen molar-refractivity contribution in [2.24, 2.45) is 7.05 Å². The van der Waals surface area contributed by atoms with E-state index >= 15 is 0 Å². The van der Waals surface area contributed by atoms with Gasteiger partial charge in [-0.1, -0.05) is 17.7 Å². The Labute approximate surface area is 165 Å². The highest BCUT2D eigenvalue weighted by Crippen LogP contribution is 2.21. The highest BCUT2D eigenvalue weighted by molar-refractivity contribution is 6.30. The highest BCUT2D eigenvalue weighted by atomic mass is 35.5. The predicted octanol–water partition coefficient (Wildman–Crippen LogP) is 3.77. The molecule has 3 heterocycles. The van der Waals surface area contributed by atoms with Crippen molar-refractivity contribution in [2.45, 2.75) is 6.61 Å². The van der Waals surface area contributed by atoms with Gasteiger partial charge in [0.25, 0.3) is 5.56 Å². The Morgan fingerprint density at radius 3 is 2.71 bits per heavy atom. The van der Waals surface area contributed by atoms with Crippen LogP contribution in [0.4, 0.5) is 0 Å². The second kappa shape index (κ2) is 7.32. The van der Waals surface area contributed by atoms with E-state index in [0.29, 0.717) is 27.8 Å². The van der Waals surface area contributed by atoms with Crippen LogP contribution >= 0.6 is 11.6 Å². The van der Waals surface area contributed by atoms with Crippen molar-refractivity contribution in [1.29, 1.82) is 0 Å². The van der Waals surface area contributed by atoms with Crippen molar-refractivity contribution >= 4 is 28.8 Å². The lowest BCUT2D eigenvalue weighted by molar-refractivity contribution is 0.111. The maximum absolute atomic E-state index is 12.6. The molecular weight excluding hydrogens is 378 g/mol. The van der Waals surface area contributed by atoms with Crippen LogP contribution in [-0.4, -0.2) is 20.4 Å². The van der Waals surface area contributed by atoms with Crippen LogP contribution < -0.4 is 10.3 Å². The summed E-state index contributed by atoms with van der Waals surface area (Å²) in [6.07, 6.45) is 4.03. The first kappa shape index (κ1) is 18.0. The number of nitrogens with zero attached hydrogens (tertiary/aromatic N) is 3. The quantitative estimate of drug-likeness (QED) is 0.484. The number of carbonyl (C=O) groups excluding carboxylic acids is 1. The summed E-state index contributed by atoms with van der Waals surface area (Å²) in [5.41, 5.74) is 2.67. The molecule has 0 unspecified atom stereocenters. The molecule has 0 spiro atoms. The number of carbonyl (C=O) groups is 1. The summed E-state index contributed by atoms with van der Waals surface area (Å²) in [5.74, 6) is 0.459. The monoisotopic (exact) mass is 393 g/mol. The smallest absolute Gasteiger partial charge is 0.258 e. The molecule has 3 aromatic heterocycles. The second-order valence-electron chi connectivity index (χ2n) is 6.32. The molecule has 0 saturated carbocycles. The SMILES string of the molecule is Cn1c(C=O)cc2ccc(-n3ccc(OCc4ccc(Cl)cn4)cc3=O)cc21. The van der Waals surface area contributed by atoms with E-state index in [9.17, 15) is 9.59 Å². The van der Waals surface area contributed by atoms with Gasteiger partial charge in [-0.3, -0.25) is 19.1 Å². The molecule has 28 heavy (non-hydrogen) atoms. The number of fused-ring (bicyclic) bond motifs is 1. The van der Waals surface area contributed by atoms with Crippen LogP contribution in [0.3, 0.4) is 0 Å². The van der Waals surface area contributed by atoms with E-state index in [0.717, 1.165) is 17.2 Å². The van der Waals surface area contributed by atoms with E-state index in [-0.39, 0.29) is 12.2 Å². The number of aryl methyl sites for hydroxylation is 1. The van der Waals surface area contributed by atoms with E-state index in [2.05, 4.69) is 4.98 Å². The normalized spacial score (nSPS) is 10.9. The molecule has 7 heteroatoms. The third-order valence-electron chi connectivity index (χ3n) is 4.53. The van der Waals surface area contributed by atoms with E-state index < -0.39 is 0 Å². The Hall–Kier alpha value is -3.38. The topological polar surface area (TPSA) is 66.1 Å². The summed E-state index contributed by atoms with van der Waals surface area (Å²) in [5, 5.41) is 1.50. The number of ether oxygens (including phenoxy) is 1. The van der Waals surface area contributed by atoms with Gasteiger partial charge in [-0.05, 0) is 36.4 Å². The Morgan fingerprint density at radius 1 is 1.14 bits per heavy atom. The van der Waals surface area contributed by atoms with Gasteiger partial charge in [0.2, 0.25) is 0 Å². The van der Waals surface area contributed by atoms with Crippen LogP contribution in [-0.2, 0) is 13.7 Å². The summed E-state index contributed by atoms with van der Waals surface area (Å²) in [6, 6.07) is 14.1. The minimum absolute atomic E-state index is 0.217. The zero-order valence-corrected chi connectivity index (χ0v) is 15.8. The van der Waals surface area contributed by atoms with Gasteiger partial charge in [-0.2, -0.15) is 0 Å². The lowest BCUT2D eigenvalue weighted by Gasteiger charge is -2.09. The van der Waals surface area contributed by atoms with Gasteiger partial charge < -0.3 is 9.30 Å². The molecule has 0 fully saturated rings. The average molecular weight is 394 g/mol. The fourth-order valence-corrected chi connectivity index (χ4v) is 3.13. The minimum atomic E-state index is -0.217. The van der Waals surface area contributed by atoms with Crippen LogP contribution in [0.1, 0.15) is 16.2 Å². The maximum atomic E-state index is 12.6. The molecule has 0 N–H and O–H groups in total. The molecule has 0 radical (unpaired) electrons. The zero-order valence-electron chi connectivity index (χ0n) is 15.0. The van der Waals surface area contributed by atoms with Gasteiger partial charge in [0.15, 0.2) is 6.29 Å². The number of hydrogen-bond acceptors (Lipinski definition) is 4. The van der Waals surface area contributed by atoms with Crippen molar-refractivity contribution < 1.29 is 9.53 Å². The summed E-state index contributed by atoms with van der Waals surface area (Å²) in [4.78, 5) is 27.8. The number of hydrogen-bond donors (Lipinski definition) is 0. The predicted molar refractivity (Wildman–Crippen MR) is 107 cm³/mol. The Kier molecular flexibility index (Phi) is 4.71. The fraction of sp³-hybridized carbons (Fsp3) is 0.0952. The first-order valence-corrected chi connectivity index (χ1v) is 8.94. The first-order chi connectivity index (χ1) is 13.5. The van der Waals surface area contributed by atoms with Crippen molar-refractivity contribution in [3.05, 3.63) is 87.7 Å². The second-order valence-corrected chi connectivity index (χ2v) is 6.75. The molecule has 0 aliphatic carbocycles. The molecule has 140 valence electrons. The lowest BCUT2D eigenvalue weighted by Crippen LogP contribution is -2.16. The van der Waals surface area contributed by atoms with Gasteiger partial charge in [-0.25, -0.2) is 0 Å². The number of aldehydes is 1. The molecule has 6 nitrogen and oxygen atoms in total. The fourth-order valence-electron chi connectivity index (χ4n) is 3.02. The van der Waals surface area contributed by atoms with Crippen LogP contribution in [0.5, 0.6) is 5.75 Å². The minimum Gasteiger partial charge on any atom is -0.487 e. The third kappa shape index (κ3) is 3.42. The molecule has 0 aliphatic rings. The van der Waals surface area contributed by atoms with E-state index in [1.165, 1.54) is 10.6 Å². The standard InChI is InChI=1S/C21H16ClN3O3/c1-24-18(12-26)8-14-2-5-17(9-20(14)24)25-7-6-19(10-21(25)27)28-13-16-4-3-15(22)11-23-16/h2-12H,13H2,1H3. The number of rotatable bonds is 5. The largest absolute Gasteiger partial charge is 0.487 e. The Bertz CT molecular complexity index is 1230. The van der Waals surface area contributed by atoms with Gasteiger partial charge >= 0.3 is 0 Å². The summed E-state index contributed by atoms with van der Waals surface area (Å²) in [7, 11) is 1.82. The molecule has 0 atom stereocenters. The summed E-state index contributed by atoms with van der Waals surface area (Å²) >= 11 is 5.81. The highest BCUT2D eigenvalue weighted by Gasteiger charge is 2.08. The first-order valence-electron chi connectivity index (χ1n) is 8.56. The number of halogens is 1. The van der Waals surface area contributed by atoms with Gasteiger partial charge in [0, 0.05) is 30.9 Å². The average Bonchev–Trinajstić information content (AvgIpc) is 3.03. The van der Waals surface area contributed by atoms with Crippen LogP contribution in [0.2, 0.25) is 5.02 Å². The maximum Gasteiger partial charge on any atom is 0.258 e. The molecular formula is C21H16ClN3O3. The van der Waals surface area contributed by atoms with E-state index in [1.54, 1.807) is 35.2 Å². The van der Waals surface area contributed by atoms with Crippen LogP contribution in [0.25, 0.3) is 16.6 Å². The van der Waals surface area contributed by atoms with Crippen LogP contribution in [0, 0.1) is 0 Å². The van der Waals surface area contributed by atoms with Gasteiger partial charge in [0.05, 0.1) is 27.6 Å². The molecule has 4 rings (SSSR count). The molecule has 0 amide bonds. The number of benzene rings is 1. The zero-order chi connectivity index (χ0) is 19.7.